The fourth-order valence-corrected chi connectivity index (χ4v) is 3.47. The minimum absolute atomic E-state index is 0.153. The number of methoxy groups -OCH3 is 1. The number of ether oxygens (including phenoxy) is 1. The number of hydrogen-bond acceptors (Lipinski definition) is 5. The van der Waals surface area contributed by atoms with E-state index in [1.54, 1.807) is 0 Å². The van der Waals surface area contributed by atoms with Crippen LogP contribution in [-0.2, 0) is 32.0 Å². The standard InChI is InChI=1S/C22H32N4O5/c1-14(2)11-18-16(15-7-5-6-8-17(15)24-18)12-19(22(29)23-3)25-20(27)9-10-21(28)26(30)13-31-4/h5-8,14,19,24,30H,9-13H2,1-4H3,(H,23,29)(H,25,27)/t19-/m0/s1. The molecule has 1 heterocycles. The van der Waals surface area contributed by atoms with Crippen molar-refractivity contribution in [2.24, 2.45) is 5.92 Å². The smallest absolute Gasteiger partial charge is 0.248 e. The maximum atomic E-state index is 12.5. The zero-order valence-electron chi connectivity index (χ0n) is 18.5. The molecule has 2 rings (SSSR count). The lowest BCUT2D eigenvalue weighted by Gasteiger charge is -2.19. The second kappa shape index (κ2) is 11.5. The lowest BCUT2D eigenvalue weighted by Crippen LogP contribution is -2.47. The highest BCUT2D eigenvalue weighted by atomic mass is 16.6. The van der Waals surface area contributed by atoms with Gasteiger partial charge in [-0.3, -0.25) is 19.6 Å². The summed E-state index contributed by atoms with van der Waals surface area (Å²) in [4.78, 5) is 40.2. The van der Waals surface area contributed by atoms with Crippen molar-refractivity contribution in [3.63, 3.8) is 0 Å². The van der Waals surface area contributed by atoms with E-state index in [1.807, 2.05) is 24.3 Å². The number of hydrogen-bond donors (Lipinski definition) is 4. The number of benzene rings is 1. The van der Waals surface area contributed by atoms with Gasteiger partial charge in [-0.1, -0.05) is 32.0 Å². The van der Waals surface area contributed by atoms with Gasteiger partial charge >= 0.3 is 0 Å². The predicted molar refractivity (Wildman–Crippen MR) is 116 cm³/mol. The number of amides is 3. The number of para-hydroxylation sites is 1. The van der Waals surface area contributed by atoms with Crippen molar-refractivity contribution in [2.75, 3.05) is 20.9 Å². The first-order valence-corrected chi connectivity index (χ1v) is 10.3. The average molecular weight is 433 g/mol. The zero-order valence-corrected chi connectivity index (χ0v) is 18.5. The Morgan fingerprint density at radius 1 is 1.16 bits per heavy atom. The number of likely N-dealkylation sites (N-methyl/N-ethyl adjacent to an activating group) is 1. The van der Waals surface area contributed by atoms with E-state index in [0.717, 1.165) is 28.6 Å². The molecule has 0 fully saturated rings. The first kappa shape index (κ1) is 24.4. The lowest BCUT2D eigenvalue weighted by atomic mass is 9.97. The van der Waals surface area contributed by atoms with Gasteiger partial charge in [0.15, 0.2) is 0 Å². The van der Waals surface area contributed by atoms with Gasteiger partial charge in [0.05, 0.1) is 0 Å². The molecule has 0 unspecified atom stereocenters. The summed E-state index contributed by atoms with van der Waals surface area (Å²) in [5, 5.41) is 16.2. The van der Waals surface area contributed by atoms with E-state index in [0.29, 0.717) is 17.4 Å². The van der Waals surface area contributed by atoms with Crippen molar-refractivity contribution in [3.05, 3.63) is 35.5 Å². The molecule has 170 valence electrons. The van der Waals surface area contributed by atoms with Crippen molar-refractivity contribution < 1.29 is 24.3 Å². The Morgan fingerprint density at radius 3 is 2.52 bits per heavy atom. The second-order valence-electron chi connectivity index (χ2n) is 7.88. The summed E-state index contributed by atoms with van der Waals surface area (Å²) in [6, 6.07) is 7.09. The quantitative estimate of drug-likeness (QED) is 0.245. The molecule has 0 aliphatic carbocycles. The van der Waals surface area contributed by atoms with E-state index in [-0.39, 0.29) is 25.5 Å². The molecule has 0 aliphatic rings. The van der Waals surface area contributed by atoms with Gasteiger partial charge in [0.1, 0.15) is 12.8 Å². The Kier molecular flexibility index (Phi) is 9.02. The van der Waals surface area contributed by atoms with E-state index in [4.69, 9.17) is 0 Å². The molecule has 0 radical (unpaired) electrons. The van der Waals surface area contributed by atoms with Crippen LogP contribution in [0.3, 0.4) is 0 Å². The van der Waals surface area contributed by atoms with E-state index in [2.05, 4.69) is 34.2 Å². The van der Waals surface area contributed by atoms with Gasteiger partial charge in [0.25, 0.3) is 0 Å². The third-order valence-electron chi connectivity index (χ3n) is 4.93. The summed E-state index contributed by atoms with van der Waals surface area (Å²) in [7, 11) is 2.86. The Bertz CT molecular complexity index is 908. The molecule has 9 nitrogen and oxygen atoms in total. The number of fused-ring (bicyclic) bond motifs is 1. The van der Waals surface area contributed by atoms with Crippen molar-refractivity contribution >= 4 is 28.6 Å². The Morgan fingerprint density at radius 2 is 1.87 bits per heavy atom. The second-order valence-corrected chi connectivity index (χ2v) is 7.88. The molecule has 31 heavy (non-hydrogen) atoms. The Labute approximate surface area is 182 Å². The maximum absolute atomic E-state index is 12.5. The highest BCUT2D eigenvalue weighted by Gasteiger charge is 2.24. The molecule has 4 N–H and O–H groups in total. The van der Waals surface area contributed by atoms with Gasteiger partial charge in [-0.15, -0.1) is 0 Å². The molecule has 0 saturated heterocycles. The average Bonchev–Trinajstić information content (AvgIpc) is 3.07. The van der Waals surface area contributed by atoms with Crippen LogP contribution in [0.2, 0.25) is 0 Å². The number of aromatic nitrogens is 1. The van der Waals surface area contributed by atoms with Crippen molar-refractivity contribution in [1.82, 2.24) is 20.7 Å². The van der Waals surface area contributed by atoms with Crippen LogP contribution in [0, 0.1) is 5.92 Å². The number of H-pyrrole nitrogens is 1. The van der Waals surface area contributed by atoms with Crippen LogP contribution in [0.25, 0.3) is 10.9 Å². The molecule has 1 aromatic carbocycles. The SMILES string of the molecule is CNC(=O)[C@H](Cc1c(CC(C)C)[nH]c2ccccc12)NC(=O)CCC(=O)N(O)COC. The van der Waals surface area contributed by atoms with Crippen LogP contribution in [0.1, 0.15) is 37.9 Å². The highest BCUT2D eigenvalue weighted by molar-refractivity contribution is 5.91. The molecule has 1 atom stereocenters. The topological polar surface area (TPSA) is 124 Å². The summed E-state index contributed by atoms with van der Waals surface area (Å²) < 4.78 is 4.67. The van der Waals surface area contributed by atoms with Crippen LogP contribution in [0.5, 0.6) is 0 Å². The molecule has 0 aliphatic heterocycles. The van der Waals surface area contributed by atoms with Crippen LogP contribution in [0.4, 0.5) is 0 Å². The highest BCUT2D eigenvalue weighted by Crippen LogP contribution is 2.26. The Hall–Kier alpha value is -2.91. The minimum Gasteiger partial charge on any atom is -0.362 e. The van der Waals surface area contributed by atoms with Crippen LogP contribution in [-0.4, -0.2) is 59.9 Å². The van der Waals surface area contributed by atoms with Gasteiger partial charge < -0.3 is 20.4 Å². The van der Waals surface area contributed by atoms with Crippen LogP contribution >= 0.6 is 0 Å². The summed E-state index contributed by atoms with van der Waals surface area (Å²) in [5.41, 5.74) is 3.03. The van der Waals surface area contributed by atoms with Crippen molar-refractivity contribution in [3.8, 4) is 0 Å². The number of nitrogens with zero attached hydrogens (tertiary/aromatic N) is 1. The summed E-state index contributed by atoms with van der Waals surface area (Å²) in [6.45, 7) is 3.97. The first-order valence-electron chi connectivity index (χ1n) is 10.3. The molecule has 2 aromatic rings. The number of nitrogens with one attached hydrogen (secondary N) is 3. The van der Waals surface area contributed by atoms with E-state index in [1.165, 1.54) is 14.2 Å². The minimum atomic E-state index is -0.790. The molecule has 3 amide bonds. The monoisotopic (exact) mass is 432 g/mol. The van der Waals surface area contributed by atoms with Crippen LogP contribution in [0.15, 0.2) is 24.3 Å². The molecular formula is C22H32N4O5. The molecule has 0 saturated carbocycles. The maximum Gasteiger partial charge on any atom is 0.248 e. The van der Waals surface area contributed by atoms with Gasteiger partial charge in [-0.2, -0.15) is 5.06 Å². The van der Waals surface area contributed by atoms with Crippen molar-refractivity contribution in [1.29, 1.82) is 0 Å². The molecule has 1 aromatic heterocycles. The number of carbonyl (C=O) groups is 3. The third kappa shape index (κ3) is 6.80. The van der Waals surface area contributed by atoms with Gasteiger partial charge in [0, 0.05) is 50.0 Å². The van der Waals surface area contributed by atoms with Crippen molar-refractivity contribution in [2.45, 2.75) is 45.6 Å². The number of aromatic amines is 1. The molecule has 0 bridgehead atoms. The Balaban J connectivity index is 2.16. The number of rotatable bonds is 11. The van der Waals surface area contributed by atoms with Gasteiger partial charge in [-0.05, 0) is 24.0 Å². The molecular weight excluding hydrogens is 400 g/mol. The molecule has 9 heteroatoms. The van der Waals surface area contributed by atoms with Gasteiger partial charge in [0.2, 0.25) is 17.7 Å². The fourth-order valence-electron chi connectivity index (χ4n) is 3.47. The normalized spacial score (nSPS) is 12.1. The summed E-state index contributed by atoms with van der Waals surface area (Å²) in [6.07, 6.45) is 0.789. The largest absolute Gasteiger partial charge is 0.362 e. The van der Waals surface area contributed by atoms with Crippen LogP contribution < -0.4 is 10.6 Å². The van der Waals surface area contributed by atoms with E-state index < -0.39 is 17.9 Å². The predicted octanol–water partition coefficient (Wildman–Crippen LogP) is 1.74. The molecule has 0 spiro atoms. The van der Waals surface area contributed by atoms with Gasteiger partial charge in [-0.25, -0.2) is 0 Å². The zero-order chi connectivity index (χ0) is 23.0. The summed E-state index contributed by atoms with van der Waals surface area (Å²) >= 11 is 0. The van der Waals surface area contributed by atoms with E-state index >= 15 is 0 Å². The lowest BCUT2D eigenvalue weighted by molar-refractivity contribution is -0.184. The number of carbonyl (C=O) groups excluding carboxylic acids is 3. The summed E-state index contributed by atoms with van der Waals surface area (Å²) in [5.74, 6) is -0.981. The first-order chi connectivity index (χ1) is 14.8. The van der Waals surface area contributed by atoms with E-state index in [9.17, 15) is 19.6 Å². The third-order valence-corrected chi connectivity index (χ3v) is 4.93. The number of hydroxylamine groups is 2. The fraction of sp³-hybridized carbons (Fsp3) is 0.500.